The minimum Gasteiger partial charge on any atom is -0.493 e. The third kappa shape index (κ3) is 4.59. The molecule has 1 N–H and O–H groups in total. The lowest BCUT2D eigenvalue weighted by atomic mass is 9.95. The van der Waals surface area contributed by atoms with E-state index in [-0.39, 0.29) is 12.4 Å². The molecule has 0 saturated heterocycles. The maximum Gasteiger partial charge on any atom is 0.161 e. The fourth-order valence-corrected chi connectivity index (χ4v) is 2.56. The first-order chi connectivity index (χ1) is 8.83. The summed E-state index contributed by atoms with van der Waals surface area (Å²) in [6, 6.07) is 6.80. The van der Waals surface area contributed by atoms with Crippen molar-refractivity contribution in [2.45, 2.75) is 44.7 Å². The van der Waals surface area contributed by atoms with Crippen LogP contribution in [0.3, 0.4) is 0 Å². The number of ether oxygens (including phenoxy) is 2. The van der Waals surface area contributed by atoms with Crippen LogP contribution in [0.1, 0.15) is 37.7 Å². The Kier molecular flexibility index (Phi) is 7.03. The highest BCUT2D eigenvalue weighted by atomic mass is 35.5. The molecule has 1 saturated carbocycles. The second kappa shape index (κ2) is 8.28. The Bertz CT molecular complexity index is 378. The summed E-state index contributed by atoms with van der Waals surface area (Å²) in [6.45, 7) is 0.908. The van der Waals surface area contributed by atoms with Gasteiger partial charge in [0.05, 0.1) is 14.2 Å². The van der Waals surface area contributed by atoms with E-state index in [9.17, 15) is 0 Å². The predicted octanol–water partition coefficient (Wildman–Crippen LogP) is 3.55. The summed E-state index contributed by atoms with van der Waals surface area (Å²) in [7, 11) is 3.34. The molecular formula is C15H24ClNO2. The summed E-state index contributed by atoms with van der Waals surface area (Å²) in [5.41, 5.74) is 1.25. The summed E-state index contributed by atoms with van der Waals surface area (Å²) < 4.78 is 10.6. The third-order valence-electron chi connectivity index (χ3n) is 3.65. The smallest absolute Gasteiger partial charge is 0.161 e. The van der Waals surface area contributed by atoms with Gasteiger partial charge < -0.3 is 14.8 Å². The maximum atomic E-state index is 5.32. The molecule has 0 aliphatic heterocycles. The van der Waals surface area contributed by atoms with E-state index in [0.29, 0.717) is 6.04 Å². The molecule has 0 bridgehead atoms. The topological polar surface area (TPSA) is 30.5 Å². The molecule has 0 radical (unpaired) electrons. The van der Waals surface area contributed by atoms with Gasteiger partial charge in [0.15, 0.2) is 11.5 Å². The molecule has 1 aliphatic rings. The molecule has 0 aromatic heterocycles. The molecule has 3 nitrogen and oxygen atoms in total. The first-order valence-electron chi connectivity index (χ1n) is 6.78. The highest BCUT2D eigenvalue weighted by molar-refractivity contribution is 5.85. The monoisotopic (exact) mass is 285 g/mol. The maximum absolute atomic E-state index is 5.32. The van der Waals surface area contributed by atoms with Gasteiger partial charge >= 0.3 is 0 Å². The van der Waals surface area contributed by atoms with E-state index < -0.39 is 0 Å². The Morgan fingerprint density at radius 1 is 1.05 bits per heavy atom. The second-order valence-electron chi connectivity index (χ2n) is 4.91. The van der Waals surface area contributed by atoms with Crippen LogP contribution in [0.4, 0.5) is 0 Å². The summed E-state index contributed by atoms with van der Waals surface area (Å²) in [4.78, 5) is 0. The normalized spacial score (nSPS) is 15.7. The fourth-order valence-electron chi connectivity index (χ4n) is 2.56. The van der Waals surface area contributed by atoms with Crippen molar-refractivity contribution in [2.24, 2.45) is 0 Å². The SMILES string of the molecule is COc1ccc(CNC2CCCCC2)cc1OC.Cl. The molecule has 4 heteroatoms. The van der Waals surface area contributed by atoms with Crippen LogP contribution in [0, 0.1) is 0 Å². The molecule has 0 atom stereocenters. The van der Waals surface area contributed by atoms with Crippen LogP contribution in [-0.2, 0) is 6.54 Å². The van der Waals surface area contributed by atoms with Crippen molar-refractivity contribution in [3.63, 3.8) is 0 Å². The van der Waals surface area contributed by atoms with E-state index in [2.05, 4.69) is 17.4 Å². The van der Waals surface area contributed by atoms with Crippen molar-refractivity contribution in [2.75, 3.05) is 14.2 Å². The van der Waals surface area contributed by atoms with Gasteiger partial charge in [0, 0.05) is 12.6 Å². The number of rotatable bonds is 5. The van der Waals surface area contributed by atoms with Gasteiger partial charge in [-0.2, -0.15) is 0 Å². The lowest BCUT2D eigenvalue weighted by molar-refractivity contribution is 0.353. The Hall–Kier alpha value is -0.930. The quantitative estimate of drug-likeness (QED) is 0.897. The van der Waals surface area contributed by atoms with Crippen molar-refractivity contribution in [1.82, 2.24) is 5.32 Å². The molecule has 1 aromatic rings. The standard InChI is InChI=1S/C15H23NO2.ClH/c1-17-14-9-8-12(10-15(14)18-2)11-16-13-6-4-3-5-7-13;/h8-10,13,16H,3-7,11H2,1-2H3;1H. The van der Waals surface area contributed by atoms with E-state index >= 15 is 0 Å². The van der Waals surface area contributed by atoms with Crippen molar-refractivity contribution in [3.8, 4) is 11.5 Å². The molecule has 0 heterocycles. The Morgan fingerprint density at radius 3 is 2.37 bits per heavy atom. The number of methoxy groups -OCH3 is 2. The summed E-state index contributed by atoms with van der Waals surface area (Å²) in [5.74, 6) is 1.60. The number of hydrogen-bond acceptors (Lipinski definition) is 3. The van der Waals surface area contributed by atoms with Gasteiger partial charge in [0.2, 0.25) is 0 Å². The second-order valence-corrected chi connectivity index (χ2v) is 4.91. The predicted molar refractivity (Wildman–Crippen MR) is 80.5 cm³/mol. The Labute approximate surface area is 122 Å². The highest BCUT2D eigenvalue weighted by Crippen LogP contribution is 2.27. The van der Waals surface area contributed by atoms with E-state index in [1.807, 2.05) is 6.07 Å². The fraction of sp³-hybridized carbons (Fsp3) is 0.600. The van der Waals surface area contributed by atoms with Gasteiger partial charge in [0.1, 0.15) is 0 Å². The van der Waals surface area contributed by atoms with E-state index in [4.69, 9.17) is 9.47 Å². The van der Waals surface area contributed by atoms with Crippen molar-refractivity contribution < 1.29 is 9.47 Å². The van der Waals surface area contributed by atoms with E-state index in [1.54, 1.807) is 14.2 Å². The number of halogens is 1. The zero-order valence-electron chi connectivity index (χ0n) is 11.8. The molecule has 108 valence electrons. The first-order valence-corrected chi connectivity index (χ1v) is 6.78. The van der Waals surface area contributed by atoms with E-state index in [0.717, 1.165) is 18.0 Å². The van der Waals surface area contributed by atoms with Gasteiger partial charge in [-0.1, -0.05) is 25.3 Å². The van der Waals surface area contributed by atoms with Crippen LogP contribution in [0.2, 0.25) is 0 Å². The summed E-state index contributed by atoms with van der Waals surface area (Å²) in [5, 5.41) is 3.63. The molecule has 1 aliphatic carbocycles. The molecule has 0 amide bonds. The molecule has 0 unspecified atom stereocenters. The summed E-state index contributed by atoms with van der Waals surface area (Å²) >= 11 is 0. The van der Waals surface area contributed by atoms with Gasteiger partial charge in [-0.3, -0.25) is 0 Å². The zero-order chi connectivity index (χ0) is 12.8. The Morgan fingerprint density at radius 2 is 1.74 bits per heavy atom. The van der Waals surface area contributed by atoms with Gasteiger partial charge in [-0.15, -0.1) is 12.4 Å². The number of hydrogen-bond donors (Lipinski definition) is 1. The molecule has 2 rings (SSSR count). The molecule has 0 spiro atoms. The van der Waals surface area contributed by atoms with Crippen LogP contribution in [-0.4, -0.2) is 20.3 Å². The van der Waals surface area contributed by atoms with Crippen LogP contribution in [0.5, 0.6) is 11.5 Å². The van der Waals surface area contributed by atoms with Crippen LogP contribution < -0.4 is 14.8 Å². The lowest BCUT2D eigenvalue weighted by Crippen LogP contribution is -2.30. The van der Waals surface area contributed by atoms with E-state index in [1.165, 1.54) is 37.7 Å². The van der Waals surface area contributed by atoms with Crippen molar-refractivity contribution >= 4 is 12.4 Å². The average molecular weight is 286 g/mol. The van der Waals surface area contributed by atoms with Crippen LogP contribution in [0.15, 0.2) is 18.2 Å². The van der Waals surface area contributed by atoms with Gasteiger partial charge in [-0.25, -0.2) is 0 Å². The van der Waals surface area contributed by atoms with Crippen LogP contribution in [0.25, 0.3) is 0 Å². The average Bonchev–Trinajstić information content (AvgIpc) is 2.45. The number of nitrogens with one attached hydrogen (secondary N) is 1. The Balaban J connectivity index is 0.00000180. The van der Waals surface area contributed by atoms with Crippen LogP contribution >= 0.6 is 12.4 Å². The highest BCUT2D eigenvalue weighted by Gasteiger charge is 2.12. The molecule has 19 heavy (non-hydrogen) atoms. The third-order valence-corrected chi connectivity index (χ3v) is 3.65. The largest absolute Gasteiger partial charge is 0.493 e. The van der Waals surface area contributed by atoms with Crippen molar-refractivity contribution in [3.05, 3.63) is 23.8 Å². The zero-order valence-corrected chi connectivity index (χ0v) is 12.6. The lowest BCUT2D eigenvalue weighted by Gasteiger charge is -2.23. The minimum atomic E-state index is 0. The number of benzene rings is 1. The molecule has 1 aromatic carbocycles. The van der Waals surface area contributed by atoms with Crippen molar-refractivity contribution in [1.29, 1.82) is 0 Å². The summed E-state index contributed by atoms with van der Waals surface area (Å²) in [6.07, 6.45) is 6.75. The molecule has 1 fully saturated rings. The molecular weight excluding hydrogens is 262 g/mol. The van der Waals surface area contributed by atoms with Gasteiger partial charge in [-0.05, 0) is 30.5 Å². The first kappa shape index (κ1) is 16.1. The van der Waals surface area contributed by atoms with Gasteiger partial charge in [0.25, 0.3) is 0 Å². The minimum absolute atomic E-state index is 0.